The number of carbonyl (C=O) groups is 2. The molecular formula is C27H27ClN2O5. The lowest BCUT2D eigenvalue weighted by atomic mass is 9.99. The highest BCUT2D eigenvalue weighted by Crippen LogP contribution is 2.37. The minimum Gasteiger partial charge on any atom is -0.508 e. The Morgan fingerprint density at radius 3 is 2.63 bits per heavy atom. The number of esters is 1. The molecule has 3 aromatic carbocycles. The summed E-state index contributed by atoms with van der Waals surface area (Å²) < 4.78 is 10.8. The molecule has 0 radical (unpaired) electrons. The highest BCUT2D eigenvalue weighted by atomic mass is 35.5. The Morgan fingerprint density at radius 1 is 1.11 bits per heavy atom. The molecule has 3 aromatic rings. The number of phenolic OH excluding ortho intramolecular Hbond substituents is 1. The molecule has 0 unspecified atom stereocenters. The molecule has 1 heterocycles. The minimum atomic E-state index is -0.963. The van der Waals surface area contributed by atoms with E-state index >= 15 is 0 Å². The second-order valence-electron chi connectivity index (χ2n) is 8.40. The van der Waals surface area contributed by atoms with Gasteiger partial charge in [0.1, 0.15) is 17.2 Å². The fourth-order valence-electron chi connectivity index (χ4n) is 4.11. The van der Waals surface area contributed by atoms with Gasteiger partial charge in [-0.3, -0.25) is 9.69 Å². The predicted molar refractivity (Wildman–Crippen MR) is 134 cm³/mol. The van der Waals surface area contributed by atoms with Gasteiger partial charge in [-0.15, -0.1) is 0 Å². The van der Waals surface area contributed by atoms with Gasteiger partial charge in [0, 0.05) is 30.9 Å². The molecule has 0 atom stereocenters. The van der Waals surface area contributed by atoms with E-state index in [9.17, 15) is 14.7 Å². The normalized spacial score (nSPS) is 13.1. The van der Waals surface area contributed by atoms with Crippen LogP contribution in [-0.4, -0.2) is 35.0 Å². The molecule has 2 N–H and O–H groups in total. The van der Waals surface area contributed by atoms with E-state index in [0.29, 0.717) is 29.3 Å². The fourth-order valence-corrected chi connectivity index (χ4v) is 4.42. The Morgan fingerprint density at radius 2 is 1.89 bits per heavy atom. The minimum absolute atomic E-state index is 0.110. The number of anilines is 1. The summed E-state index contributed by atoms with van der Waals surface area (Å²) >= 11 is 6.43. The van der Waals surface area contributed by atoms with E-state index in [1.54, 1.807) is 32.0 Å². The SMILES string of the molecule is CCOC(=O)C(=O)Nc1cc(C)c(Oc2ccc(O)c(CN3CCc4ccccc4C3)c2)c(Cl)c1. The molecular weight excluding hydrogens is 468 g/mol. The van der Waals surface area contributed by atoms with Gasteiger partial charge in [0.25, 0.3) is 0 Å². The van der Waals surface area contributed by atoms with Crippen LogP contribution in [0.15, 0.2) is 54.6 Å². The van der Waals surface area contributed by atoms with Crippen LogP contribution in [0.2, 0.25) is 5.02 Å². The Bertz CT molecular complexity index is 1240. The lowest BCUT2D eigenvalue weighted by molar-refractivity contribution is -0.152. The second kappa shape index (κ2) is 10.8. The van der Waals surface area contributed by atoms with E-state index in [0.717, 1.165) is 25.1 Å². The van der Waals surface area contributed by atoms with Gasteiger partial charge in [-0.25, -0.2) is 4.79 Å². The first-order valence-electron chi connectivity index (χ1n) is 11.4. The summed E-state index contributed by atoms with van der Waals surface area (Å²) in [5.41, 5.74) is 4.46. The van der Waals surface area contributed by atoms with Crippen LogP contribution in [0.1, 0.15) is 29.2 Å². The fraction of sp³-hybridized carbons (Fsp3) is 0.259. The molecule has 35 heavy (non-hydrogen) atoms. The largest absolute Gasteiger partial charge is 0.508 e. The van der Waals surface area contributed by atoms with Gasteiger partial charge < -0.3 is 19.9 Å². The Balaban J connectivity index is 1.47. The number of halogens is 1. The van der Waals surface area contributed by atoms with Crippen LogP contribution in [0.25, 0.3) is 0 Å². The van der Waals surface area contributed by atoms with Crippen LogP contribution in [0.3, 0.4) is 0 Å². The van der Waals surface area contributed by atoms with Crippen molar-refractivity contribution in [3.05, 3.63) is 81.9 Å². The van der Waals surface area contributed by atoms with Crippen molar-refractivity contribution in [3.63, 3.8) is 0 Å². The third kappa shape index (κ3) is 5.93. The molecule has 0 bridgehead atoms. The Labute approximate surface area is 209 Å². The summed E-state index contributed by atoms with van der Waals surface area (Å²) in [5.74, 6) is -0.682. The van der Waals surface area contributed by atoms with Crippen molar-refractivity contribution in [2.75, 3.05) is 18.5 Å². The molecule has 0 saturated heterocycles. The van der Waals surface area contributed by atoms with E-state index in [2.05, 4.69) is 28.4 Å². The van der Waals surface area contributed by atoms with Gasteiger partial charge in [0.15, 0.2) is 0 Å². The van der Waals surface area contributed by atoms with Crippen LogP contribution in [0.4, 0.5) is 5.69 Å². The van der Waals surface area contributed by atoms with Gasteiger partial charge in [-0.05, 0) is 67.3 Å². The van der Waals surface area contributed by atoms with E-state index < -0.39 is 11.9 Å². The van der Waals surface area contributed by atoms with Crippen molar-refractivity contribution in [1.82, 2.24) is 4.90 Å². The van der Waals surface area contributed by atoms with E-state index in [1.807, 2.05) is 12.1 Å². The molecule has 1 amide bonds. The monoisotopic (exact) mass is 494 g/mol. The lowest BCUT2D eigenvalue weighted by Gasteiger charge is -2.29. The molecule has 1 aliphatic heterocycles. The maximum Gasteiger partial charge on any atom is 0.397 e. The summed E-state index contributed by atoms with van der Waals surface area (Å²) in [4.78, 5) is 25.8. The van der Waals surface area contributed by atoms with E-state index in [1.165, 1.54) is 17.2 Å². The van der Waals surface area contributed by atoms with E-state index in [-0.39, 0.29) is 17.4 Å². The number of carbonyl (C=O) groups excluding carboxylic acids is 2. The van der Waals surface area contributed by atoms with Crippen molar-refractivity contribution in [1.29, 1.82) is 0 Å². The van der Waals surface area contributed by atoms with Gasteiger partial charge in [0.05, 0.1) is 11.6 Å². The molecule has 1 aliphatic rings. The molecule has 0 spiro atoms. The number of hydrogen-bond acceptors (Lipinski definition) is 6. The quantitative estimate of drug-likeness (QED) is 0.361. The number of aromatic hydroxyl groups is 1. The zero-order valence-corrected chi connectivity index (χ0v) is 20.4. The number of phenols is 1. The number of ether oxygens (including phenoxy) is 2. The third-order valence-corrected chi connectivity index (χ3v) is 6.10. The van der Waals surface area contributed by atoms with Crippen LogP contribution in [-0.2, 0) is 33.8 Å². The summed E-state index contributed by atoms with van der Waals surface area (Å²) in [6.07, 6.45) is 0.973. The number of rotatable bonds is 6. The number of fused-ring (bicyclic) bond motifs is 1. The Hall–Kier alpha value is -3.55. The summed E-state index contributed by atoms with van der Waals surface area (Å²) in [5, 5.41) is 13.2. The van der Waals surface area contributed by atoms with Gasteiger partial charge in [0.2, 0.25) is 0 Å². The molecule has 8 heteroatoms. The standard InChI is InChI=1S/C27H27ClN2O5/c1-3-34-27(33)26(32)29-21-12-17(2)25(23(28)14-21)35-22-8-9-24(31)20(13-22)16-30-11-10-18-6-4-5-7-19(18)15-30/h4-9,12-14,31H,3,10-11,15-16H2,1-2H3,(H,29,32). The van der Waals surface area contributed by atoms with Crippen molar-refractivity contribution in [2.24, 2.45) is 0 Å². The second-order valence-corrected chi connectivity index (χ2v) is 8.81. The van der Waals surface area contributed by atoms with Crippen LogP contribution < -0.4 is 10.1 Å². The smallest absolute Gasteiger partial charge is 0.397 e. The molecule has 182 valence electrons. The Kier molecular flexibility index (Phi) is 7.58. The van der Waals surface area contributed by atoms with Crippen LogP contribution in [0.5, 0.6) is 17.2 Å². The van der Waals surface area contributed by atoms with Crippen molar-refractivity contribution in [3.8, 4) is 17.2 Å². The molecule has 7 nitrogen and oxygen atoms in total. The highest BCUT2D eigenvalue weighted by Gasteiger charge is 2.19. The molecule has 0 fully saturated rings. The highest BCUT2D eigenvalue weighted by molar-refractivity contribution is 6.37. The average molecular weight is 495 g/mol. The predicted octanol–water partition coefficient (Wildman–Crippen LogP) is 5.21. The first-order valence-corrected chi connectivity index (χ1v) is 11.8. The zero-order chi connectivity index (χ0) is 24.9. The number of benzene rings is 3. The maximum absolute atomic E-state index is 11.9. The summed E-state index contributed by atoms with van der Waals surface area (Å²) in [6, 6.07) is 16.7. The first kappa shape index (κ1) is 24.6. The van der Waals surface area contributed by atoms with Crippen molar-refractivity contribution in [2.45, 2.75) is 33.4 Å². The molecule has 0 saturated carbocycles. The first-order chi connectivity index (χ1) is 16.8. The van der Waals surface area contributed by atoms with Crippen molar-refractivity contribution < 1.29 is 24.2 Å². The average Bonchev–Trinajstić information content (AvgIpc) is 2.83. The van der Waals surface area contributed by atoms with Gasteiger partial charge >= 0.3 is 11.9 Å². The van der Waals surface area contributed by atoms with Crippen LogP contribution in [0, 0.1) is 6.92 Å². The zero-order valence-electron chi connectivity index (χ0n) is 19.6. The van der Waals surface area contributed by atoms with Gasteiger partial charge in [-0.1, -0.05) is 35.9 Å². The molecule has 4 rings (SSSR count). The number of hydrogen-bond donors (Lipinski definition) is 2. The van der Waals surface area contributed by atoms with Crippen molar-refractivity contribution >= 4 is 29.2 Å². The number of nitrogens with zero attached hydrogens (tertiary/aromatic N) is 1. The lowest BCUT2D eigenvalue weighted by Crippen LogP contribution is -2.30. The number of aryl methyl sites for hydroxylation is 1. The van der Waals surface area contributed by atoms with Gasteiger partial charge in [-0.2, -0.15) is 0 Å². The molecule has 0 aliphatic carbocycles. The number of nitrogens with one attached hydrogen (secondary N) is 1. The third-order valence-electron chi connectivity index (χ3n) is 5.82. The summed E-state index contributed by atoms with van der Waals surface area (Å²) in [7, 11) is 0. The topological polar surface area (TPSA) is 88.1 Å². The maximum atomic E-state index is 11.9. The van der Waals surface area contributed by atoms with E-state index in [4.69, 9.17) is 21.1 Å². The molecule has 0 aromatic heterocycles. The summed E-state index contributed by atoms with van der Waals surface area (Å²) in [6.45, 7) is 5.84. The number of amides is 1. The van der Waals surface area contributed by atoms with Crippen LogP contribution >= 0.6 is 11.6 Å².